The van der Waals surface area contributed by atoms with Crippen LogP contribution >= 0.6 is 12.2 Å². The molecule has 0 spiro atoms. The largest absolute Gasteiger partial charge is 0.388 e. The van der Waals surface area contributed by atoms with Crippen molar-refractivity contribution in [3.63, 3.8) is 0 Å². The van der Waals surface area contributed by atoms with Crippen molar-refractivity contribution in [3.8, 4) is 0 Å². The quantitative estimate of drug-likeness (QED) is 0.838. The molecule has 3 N–H and O–H groups in total. The van der Waals surface area contributed by atoms with Crippen molar-refractivity contribution in [3.05, 3.63) is 47.3 Å². The predicted octanol–water partition coefficient (Wildman–Crippen LogP) is 2.73. The average molecular weight is 272 g/mol. The maximum atomic E-state index is 5.61. The van der Waals surface area contributed by atoms with Gasteiger partial charge in [-0.05, 0) is 31.0 Å². The Morgan fingerprint density at radius 3 is 2.74 bits per heavy atom. The Morgan fingerprint density at radius 2 is 2.05 bits per heavy atom. The molecule has 1 aromatic carbocycles. The molecule has 19 heavy (non-hydrogen) atoms. The van der Waals surface area contributed by atoms with Gasteiger partial charge in [0.25, 0.3) is 0 Å². The first-order valence-corrected chi connectivity index (χ1v) is 6.51. The number of anilines is 2. The summed E-state index contributed by atoms with van der Waals surface area (Å²) in [6.45, 7) is 4.00. The lowest BCUT2D eigenvalue weighted by Crippen LogP contribution is -2.14. The van der Waals surface area contributed by atoms with Crippen LogP contribution in [0.4, 0.5) is 11.6 Å². The third-order valence-electron chi connectivity index (χ3n) is 2.75. The summed E-state index contributed by atoms with van der Waals surface area (Å²) in [5, 5.41) is 3.22. The van der Waals surface area contributed by atoms with Crippen LogP contribution in [-0.2, 0) is 6.42 Å². The fourth-order valence-corrected chi connectivity index (χ4v) is 1.93. The minimum absolute atomic E-state index is 0.275. The lowest BCUT2D eigenvalue weighted by Gasteiger charge is -2.10. The van der Waals surface area contributed by atoms with E-state index >= 15 is 0 Å². The standard InChI is InChI=1S/C14H16N4S/c1-3-10-6-4-5-7-11(10)17-14-16-9(2)8-12(18-14)13(15)19/h4-8H,3H2,1-2H3,(H2,15,19)(H,16,17,18). The number of para-hydroxylation sites is 1. The van der Waals surface area contributed by atoms with E-state index in [4.69, 9.17) is 18.0 Å². The van der Waals surface area contributed by atoms with Crippen LogP contribution in [0.15, 0.2) is 30.3 Å². The Morgan fingerprint density at radius 1 is 1.32 bits per heavy atom. The average Bonchev–Trinajstić information content (AvgIpc) is 2.38. The fraction of sp³-hybridized carbons (Fsp3) is 0.214. The second-order valence-corrected chi connectivity index (χ2v) is 4.66. The molecule has 1 heterocycles. The lowest BCUT2D eigenvalue weighted by atomic mass is 10.1. The lowest BCUT2D eigenvalue weighted by molar-refractivity contribution is 1.08. The Balaban J connectivity index is 2.35. The summed E-state index contributed by atoms with van der Waals surface area (Å²) in [6, 6.07) is 9.85. The molecular weight excluding hydrogens is 256 g/mol. The number of hydrogen-bond acceptors (Lipinski definition) is 4. The van der Waals surface area contributed by atoms with Gasteiger partial charge in [0.1, 0.15) is 10.7 Å². The van der Waals surface area contributed by atoms with Crippen LogP contribution in [-0.4, -0.2) is 15.0 Å². The molecule has 0 unspecified atom stereocenters. The van der Waals surface area contributed by atoms with Crippen LogP contribution in [0.25, 0.3) is 0 Å². The number of rotatable bonds is 4. The number of aryl methyl sites for hydroxylation is 2. The Hall–Kier alpha value is -2.01. The van der Waals surface area contributed by atoms with Gasteiger partial charge in [-0.1, -0.05) is 37.3 Å². The van der Waals surface area contributed by atoms with E-state index in [0.29, 0.717) is 11.6 Å². The zero-order chi connectivity index (χ0) is 13.8. The Labute approximate surface area is 118 Å². The summed E-state index contributed by atoms with van der Waals surface area (Å²) in [6.07, 6.45) is 0.942. The van der Waals surface area contributed by atoms with Gasteiger partial charge in [-0.15, -0.1) is 0 Å². The highest BCUT2D eigenvalue weighted by molar-refractivity contribution is 7.80. The molecule has 1 aromatic heterocycles. The molecule has 0 aliphatic heterocycles. The van der Waals surface area contributed by atoms with Crippen molar-refractivity contribution in [2.24, 2.45) is 5.73 Å². The van der Waals surface area contributed by atoms with E-state index in [1.165, 1.54) is 5.56 Å². The summed E-state index contributed by atoms with van der Waals surface area (Å²) in [5.74, 6) is 0.517. The number of hydrogen-bond donors (Lipinski definition) is 2. The van der Waals surface area contributed by atoms with Gasteiger partial charge < -0.3 is 11.1 Å². The normalized spacial score (nSPS) is 10.2. The van der Waals surface area contributed by atoms with E-state index in [9.17, 15) is 0 Å². The summed E-state index contributed by atoms with van der Waals surface area (Å²) >= 11 is 4.95. The van der Waals surface area contributed by atoms with Gasteiger partial charge in [-0.3, -0.25) is 0 Å². The highest BCUT2D eigenvalue weighted by Crippen LogP contribution is 2.19. The number of nitrogens with zero attached hydrogens (tertiary/aromatic N) is 2. The summed E-state index contributed by atoms with van der Waals surface area (Å²) in [4.78, 5) is 8.94. The predicted molar refractivity (Wildman–Crippen MR) is 81.8 cm³/mol. The molecule has 5 heteroatoms. The second-order valence-electron chi connectivity index (χ2n) is 4.22. The van der Waals surface area contributed by atoms with Crippen LogP contribution in [0.3, 0.4) is 0 Å². The molecule has 0 saturated carbocycles. The van der Waals surface area contributed by atoms with Gasteiger partial charge in [0, 0.05) is 11.4 Å². The molecule has 0 aliphatic carbocycles. The van der Waals surface area contributed by atoms with Gasteiger partial charge in [0.05, 0.1) is 0 Å². The topological polar surface area (TPSA) is 63.8 Å². The SMILES string of the molecule is CCc1ccccc1Nc1nc(C)cc(C(N)=S)n1. The molecule has 2 rings (SSSR count). The maximum absolute atomic E-state index is 5.61. The molecule has 0 radical (unpaired) electrons. The van der Waals surface area contributed by atoms with Gasteiger partial charge in [-0.2, -0.15) is 0 Å². The van der Waals surface area contributed by atoms with Crippen LogP contribution in [0, 0.1) is 6.92 Å². The highest BCUT2D eigenvalue weighted by atomic mass is 32.1. The van der Waals surface area contributed by atoms with Crippen LogP contribution in [0.2, 0.25) is 0 Å². The summed E-state index contributed by atoms with van der Waals surface area (Å²) < 4.78 is 0. The number of nitrogens with two attached hydrogens (primary N) is 1. The third-order valence-corrected chi connectivity index (χ3v) is 2.96. The van der Waals surface area contributed by atoms with Crippen LogP contribution in [0.5, 0.6) is 0 Å². The smallest absolute Gasteiger partial charge is 0.228 e. The minimum atomic E-state index is 0.275. The molecule has 4 nitrogen and oxygen atoms in total. The van der Waals surface area contributed by atoms with Crippen molar-refractivity contribution >= 4 is 28.8 Å². The number of thiocarbonyl (C=S) groups is 1. The Bertz CT molecular complexity index is 610. The van der Waals surface area contributed by atoms with Gasteiger partial charge in [-0.25, -0.2) is 9.97 Å². The molecule has 0 fully saturated rings. The zero-order valence-corrected chi connectivity index (χ0v) is 11.8. The first-order valence-electron chi connectivity index (χ1n) is 6.10. The first-order chi connectivity index (χ1) is 9.10. The van der Waals surface area contributed by atoms with E-state index in [1.807, 2.05) is 25.1 Å². The second kappa shape index (κ2) is 5.75. The molecule has 0 aliphatic rings. The van der Waals surface area contributed by atoms with E-state index in [0.717, 1.165) is 17.8 Å². The van der Waals surface area contributed by atoms with Crippen molar-refractivity contribution in [1.82, 2.24) is 9.97 Å². The molecule has 98 valence electrons. The molecular formula is C14H16N4S. The van der Waals surface area contributed by atoms with Crippen molar-refractivity contribution < 1.29 is 0 Å². The number of aromatic nitrogens is 2. The van der Waals surface area contributed by atoms with Gasteiger partial charge in [0.2, 0.25) is 5.95 Å². The third kappa shape index (κ3) is 3.26. The first kappa shape index (κ1) is 13.4. The van der Waals surface area contributed by atoms with E-state index in [2.05, 4.69) is 28.3 Å². The summed E-state index contributed by atoms with van der Waals surface area (Å²) in [5.41, 5.74) is 9.24. The molecule has 0 bridgehead atoms. The Kier molecular flexibility index (Phi) is 4.06. The molecule has 2 aromatic rings. The van der Waals surface area contributed by atoms with Crippen molar-refractivity contribution in [2.75, 3.05) is 5.32 Å². The van der Waals surface area contributed by atoms with E-state index < -0.39 is 0 Å². The number of benzene rings is 1. The molecule has 0 atom stereocenters. The number of nitrogens with one attached hydrogen (secondary N) is 1. The monoisotopic (exact) mass is 272 g/mol. The summed E-state index contributed by atoms with van der Waals surface area (Å²) in [7, 11) is 0. The minimum Gasteiger partial charge on any atom is -0.388 e. The maximum Gasteiger partial charge on any atom is 0.228 e. The van der Waals surface area contributed by atoms with E-state index in [1.54, 1.807) is 6.07 Å². The molecule has 0 amide bonds. The van der Waals surface area contributed by atoms with Crippen molar-refractivity contribution in [2.45, 2.75) is 20.3 Å². The van der Waals surface area contributed by atoms with Crippen LogP contribution in [0.1, 0.15) is 23.9 Å². The molecule has 0 saturated heterocycles. The van der Waals surface area contributed by atoms with Crippen molar-refractivity contribution in [1.29, 1.82) is 0 Å². The fourth-order valence-electron chi connectivity index (χ4n) is 1.82. The van der Waals surface area contributed by atoms with Gasteiger partial charge in [0.15, 0.2) is 0 Å². The highest BCUT2D eigenvalue weighted by Gasteiger charge is 2.06. The zero-order valence-electron chi connectivity index (χ0n) is 11.0. The van der Waals surface area contributed by atoms with Gasteiger partial charge >= 0.3 is 0 Å². The van der Waals surface area contributed by atoms with E-state index in [-0.39, 0.29) is 4.99 Å². The van der Waals surface area contributed by atoms with Crippen LogP contribution < -0.4 is 11.1 Å².